The Labute approximate surface area is 170 Å². The van der Waals surface area contributed by atoms with Crippen LogP contribution in [-0.4, -0.2) is 64.9 Å². The number of imide groups is 1. The maximum atomic E-state index is 12.6. The molecule has 0 unspecified atom stereocenters. The van der Waals surface area contributed by atoms with E-state index in [1.54, 1.807) is 0 Å². The second-order valence-electron chi connectivity index (χ2n) is 7.74. The van der Waals surface area contributed by atoms with Gasteiger partial charge in [-0.05, 0) is 51.2 Å². The molecule has 8 nitrogen and oxygen atoms in total. The average Bonchev–Trinajstić information content (AvgIpc) is 3.19. The summed E-state index contributed by atoms with van der Waals surface area (Å²) in [5.74, 6) is -0.737. The lowest BCUT2D eigenvalue weighted by Crippen LogP contribution is -2.46. The zero-order valence-electron chi connectivity index (χ0n) is 17.5. The van der Waals surface area contributed by atoms with Gasteiger partial charge in [-0.1, -0.05) is 13.8 Å². The van der Waals surface area contributed by atoms with Gasteiger partial charge in [0.05, 0.1) is 0 Å². The minimum Gasteiger partial charge on any atom is -0.346 e. The van der Waals surface area contributed by atoms with Crippen LogP contribution in [0.5, 0.6) is 0 Å². The molecular formula is C21H29N5O3. The highest BCUT2D eigenvalue weighted by Gasteiger charge is 2.49. The summed E-state index contributed by atoms with van der Waals surface area (Å²) in [6, 6.07) is 7.19. The zero-order chi connectivity index (χ0) is 21.2. The van der Waals surface area contributed by atoms with E-state index in [9.17, 15) is 14.4 Å². The summed E-state index contributed by atoms with van der Waals surface area (Å²) in [5.41, 5.74) is 0.831. The number of aromatic nitrogens is 1. The Morgan fingerprint density at radius 2 is 1.90 bits per heavy atom. The second kappa shape index (κ2) is 8.24. The van der Waals surface area contributed by atoms with Gasteiger partial charge in [0.1, 0.15) is 12.1 Å². The Kier molecular flexibility index (Phi) is 5.93. The summed E-state index contributed by atoms with van der Waals surface area (Å²) in [7, 11) is 4.07. The molecule has 1 saturated heterocycles. The lowest BCUT2D eigenvalue weighted by molar-refractivity contribution is -0.134. The molecule has 3 rings (SSSR count). The molecule has 1 aromatic carbocycles. The monoisotopic (exact) mass is 399 g/mol. The Hall–Kier alpha value is -2.87. The standard InChI is InChI=1S/C21H29N5O3/c1-5-21(6-2)19(28)26(20(29)23-21)14-18(27)22-16-7-8-17-15(13-16)9-10-25(17)12-11-24(3)4/h7-10,13H,5-6,11-12,14H2,1-4H3,(H,22,27)(H,23,29). The highest BCUT2D eigenvalue weighted by Crippen LogP contribution is 2.25. The van der Waals surface area contributed by atoms with Gasteiger partial charge in [-0.25, -0.2) is 4.79 Å². The fourth-order valence-electron chi connectivity index (χ4n) is 3.67. The molecule has 29 heavy (non-hydrogen) atoms. The summed E-state index contributed by atoms with van der Waals surface area (Å²) in [6.45, 7) is 5.22. The van der Waals surface area contributed by atoms with E-state index in [4.69, 9.17) is 0 Å². The molecule has 4 amide bonds. The molecule has 1 aromatic heterocycles. The third-order valence-corrected chi connectivity index (χ3v) is 5.60. The van der Waals surface area contributed by atoms with Crippen LogP contribution in [0.4, 0.5) is 10.5 Å². The van der Waals surface area contributed by atoms with Crippen molar-refractivity contribution in [3.05, 3.63) is 30.5 Å². The number of carbonyl (C=O) groups excluding carboxylic acids is 3. The van der Waals surface area contributed by atoms with E-state index in [0.717, 1.165) is 28.9 Å². The Balaban J connectivity index is 1.67. The first-order valence-electron chi connectivity index (χ1n) is 9.97. The third kappa shape index (κ3) is 4.12. The van der Waals surface area contributed by atoms with E-state index in [1.807, 2.05) is 58.4 Å². The average molecular weight is 399 g/mol. The van der Waals surface area contributed by atoms with Gasteiger partial charge >= 0.3 is 6.03 Å². The lowest BCUT2D eigenvalue weighted by Gasteiger charge is -2.23. The van der Waals surface area contributed by atoms with Crippen molar-refractivity contribution in [2.75, 3.05) is 32.5 Å². The molecule has 0 saturated carbocycles. The van der Waals surface area contributed by atoms with E-state index < -0.39 is 17.5 Å². The number of nitrogens with zero attached hydrogens (tertiary/aromatic N) is 3. The number of likely N-dealkylation sites (N-methyl/N-ethyl adjacent to an activating group) is 1. The molecule has 0 spiro atoms. The number of fused-ring (bicyclic) bond motifs is 1. The van der Waals surface area contributed by atoms with Crippen molar-refractivity contribution in [3.63, 3.8) is 0 Å². The summed E-state index contributed by atoms with van der Waals surface area (Å²) < 4.78 is 2.17. The van der Waals surface area contributed by atoms with Gasteiger partial charge in [0, 0.05) is 35.9 Å². The number of urea groups is 1. The molecule has 0 bridgehead atoms. The Morgan fingerprint density at radius 1 is 1.17 bits per heavy atom. The number of hydrogen-bond acceptors (Lipinski definition) is 4. The van der Waals surface area contributed by atoms with E-state index in [-0.39, 0.29) is 12.5 Å². The van der Waals surface area contributed by atoms with Crippen LogP contribution in [0.25, 0.3) is 10.9 Å². The topological polar surface area (TPSA) is 86.7 Å². The second-order valence-corrected chi connectivity index (χ2v) is 7.74. The van der Waals surface area contributed by atoms with Crippen LogP contribution in [0, 0.1) is 0 Å². The molecule has 0 radical (unpaired) electrons. The molecular weight excluding hydrogens is 370 g/mol. The van der Waals surface area contributed by atoms with Crippen LogP contribution in [-0.2, 0) is 16.1 Å². The van der Waals surface area contributed by atoms with Gasteiger partial charge in [-0.15, -0.1) is 0 Å². The predicted molar refractivity (Wildman–Crippen MR) is 113 cm³/mol. The van der Waals surface area contributed by atoms with Crippen molar-refractivity contribution in [2.24, 2.45) is 0 Å². The van der Waals surface area contributed by atoms with Crippen molar-refractivity contribution >= 4 is 34.4 Å². The molecule has 1 fully saturated rings. The molecule has 2 N–H and O–H groups in total. The minimum absolute atomic E-state index is 0.297. The van der Waals surface area contributed by atoms with Crippen LogP contribution in [0.15, 0.2) is 30.5 Å². The third-order valence-electron chi connectivity index (χ3n) is 5.60. The number of rotatable bonds is 8. The van der Waals surface area contributed by atoms with Gasteiger partial charge in [0.2, 0.25) is 5.91 Å². The minimum atomic E-state index is -0.897. The first-order valence-corrected chi connectivity index (χ1v) is 9.97. The Morgan fingerprint density at radius 3 is 2.52 bits per heavy atom. The molecule has 2 aromatic rings. The number of anilines is 1. The molecule has 1 aliphatic rings. The van der Waals surface area contributed by atoms with Crippen molar-refractivity contribution in [1.29, 1.82) is 0 Å². The van der Waals surface area contributed by atoms with Crippen LogP contribution < -0.4 is 10.6 Å². The van der Waals surface area contributed by atoms with E-state index in [1.165, 1.54) is 0 Å². The smallest absolute Gasteiger partial charge is 0.325 e. The summed E-state index contributed by atoms with van der Waals surface area (Å²) in [6.07, 6.45) is 3.02. The summed E-state index contributed by atoms with van der Waals surface area (Å²) in [4.78, 5) is 40.4. The van der Waals surface area contributed by atoms with Crippen molar-refractivity contribution in [3.8, 4) is 0 Å². The molecule has 0 aliphatic carbocycles. The van der Waals surface area contributed by atoms with Gasteiger partial charge < -0.3 is 20.1 Å². The van der Waals surface area contributed by atoms with Crippen molar-refractivity contribution < 1.29 is 14.4 Å². The van der Waals surface area contributed by atoms with E-state index in [0.29, 0.717) is 18.5 Å². The fourth-order valence-corrected chi connectivity index (χ4v) is 3.67. The quantitative estimate of drug-likeness (QED) is 0.667. The summed E-state index contributed by atoms with van der Waals surface area (Å²) in [5, 5.41) is 6.55. The van der Waals surface area contributed by atoms with Crippen LogP contribution >= 0.6 is 0 Å². The highest BCUT2D eigenvalue weighted by molar-refractivity contribution is 6.10. The normalized spacial score (nSPS) is 16.0. The molecule has 2 heterocycles. The van der Waals surface area contributed by atoms with E-state index in [2.05, 4.69) is 20.1 Å². The van der Waals surface area contributed by atoms with Gasteiger partial charge in [-0.3, -0.25) is 14.5 Å². The Bertz CT molecular complexity index is 930. The molecule has 1 aliphatic heterocycles. The summed E-state index contributed by atoms with van der Waals surface area (Å²) >= 11 is 0. The molecule has 8 heteroatoms. The van der Waals surface area contributed by atoms with Gasteiger partial charge in [0.25, 0.3) is 5.91 Å². The van der Waals surface area contributed by atoms with Crippen LogP contribution in [0.1, 0.15) is 26.7 Å². The van der Waals surface area contributed by atoms with Gasteiger partial charge in [-0.2, -0.15) is 0 Å². The number of amides is 4. The largest absolute Gasteiger partial charge is 0.346 e. The van der Waals surface area contributed by atoms with Gasteiger partial charge in [0.15, 0.2) is 0 Å². The number of carbonyl (C=O) groups is 3. The predicted octanol–water partition coefficient (Wildman–Crippen LogP) is 2.25. The van der Waals surface area contributed by atoms with Crippen LogP contribution in [0.2, 0.25) is 0 Å². The lowest BCUT2D eigenvalue weighted by atomic mass is 9.93. The first kappa shape index (κ1) is 20.9. The molecule has 0 atom stereocenters. The maximum absolute atomic E-state index is 12.6. The highest BCUT2D eigenvalue weighted by atomic mass is 16.2. The van der Waals surface area contributed by atoms with E-state index >= 15 is 0 Å². The SMILES string of the molecule is CCC1(CC)NC(=O)N(CC(=O)Nc2ccc3c(ccn3CCN(C)C)c2)C1=O. The maximum Gasteiger partial charge on any atom is 0.325 e. The number of benzene rings is 1. The van der Waals surface area contributed by atoms with Crippen LogP contribution in [0.3, 0.4) is 0 Å². The van der Waals surface area contributed by atoms with Crippen molar-refractivity contribution in [1.82, 2.24) is 19.7 Å². The number of nitrogens with one attached hydrogen (secondary N) is 2. The number of hydrogen-bond donors (Lipinski definition) is 2. The molecule has 156 valence electrons. The fraction of sp³-hybridized carbons (Fsp3) is 0.476. The first-order chi connectivity index (χ1) is 13.8. The van der Waals surface area contributed by atoms with Crippen molar-refractivity contribution in [2.45, 2.75) is 38.8 Å². The zero-order valence-corrected chi connectivity index (χ0v) is 17.5.